The van der Waals surface area contributed by atoms with Crippen molar-refractivity contribution in [1.82, 2.24) is 10.1 Å². The molecule has 92 valence electrons. The number of carboxylic acid groups (broad SMARTS) is 1. The molecule has 1 heterocycles. The van der Waals surface area contributed by atoms with Gasteiger partial charge in [0.2, 0.25) is 5.76 Å². The van der Waals surface area contributed by atoms with Crippen LogP contribution in [0.3, 0.4) is 0 Å². The Morgan fingerprint density at radius 1 is 1.47 bits per heavy atom. The molecule has 0 saturated heterocycles. The second-order valence-electron chi connectivity index (χ2n) is 4.24. The molecule has 17 heavy (non-hydrogen) atoms. The molecule has 1 aliphatic rings. The molecule has 0 atom stereocenters. The Kier molecular flexibility index (Phi) is 3.12. The highest BCUT2D eigenvalue weighted by atomic mass is 16.5. The van der Waals surface area contributed by atoms with Gasteiger partial charge >= 0.3 is 5.97 Å². The summed E-state index contributed by atoms with van der Waals surface area (Å²) in [5.41, 5.74) is 0.0526. The zero-order valence-corrected chi connectivity index (χ0v) is 9.55. The van der Waals surface area contributed by atoms with Crippen LogP contribution in [0.4, 0.5) is 0 Å². The van der Waals surface area contributed by atoms with E-state index in [1.54, 1.807) is 11.9 Å². The van der Waals surface area contributed by atoms with E-state index in [9.17, 15) is 9.59 Å². The van der Waals surface area contributed by atoms with Crippen molar-refractivity contribution >= 4 is 11.9 Å². The van der Waals surface area contributed by atoms with E-state index in [4.69, 9.17) is 5.11 Å². The standard InChI is InChI=1S/C11H14N2O4/c1-13(7-4-2-3-5-7)10(14)8-6-9(11(15)16)17-12-8/h6-7H,2-5H2,1H3,(H,15,16). The van der Waals surface area contributed by atoms with Crippen LogP contribution >= 0.6 is 0 Å². The fourth-order valence-corrected chi connectivity index (χ4v) is 2.11. The maximum atomic E-state index is 12.0. The number of aromatic carboxylic acids is 1. The summed E-state index contributed by atoms with van der Waals surface area (Å²) < 4.78 is 4.56. The van der Waals surface area contributed by atoms with Crippen LogP contribution < -0.4 is 0 Å². The van der Waals surface area contributed by atoms with E-state index in [1.807, 2.05) is 0 Å². The van der Waals surface area contributed by atoms with Gasteiger partial charge in [-0.15, -0.1) is 0 Å². The second kappa shape index (κ2) is 4.57. The average molecular weight is 238 g/mol. The molecular formula is C11H14N2O4. The number of hydrogen-bond donors (Lipinski definition) is 1. The van der Waals surface area contributed by atoms with Crippen LogP contribution in [-0.4, -0.2) is 40.1 Å². The first-order valence-electron chi connectivity index (χ1n) is 5.57. The molecule has 6 nitrogen and oxygen atoms in total. The highest BCUT2D eigenvalue weighted by Gasteiger charge is 2.26. The van der Waals surface area contributed by atoms with Gasteiger partial charge in [-0.2, -0.15) is 0 Å². The molecule has 2 rings (SSSR count). The zero-order valence-electron chi connectivity index (χ0n) is 9.55. The number of carboxylic acids is 1. The molecule has 0 aromatic carbocycles. The Bertz CT molecular complexity index is 434. The molecule has 1 fully saturated rings. The first-order valence-corrected chi connectivity index (χ1v) is 5.57. The van der Waals surface area contributed by atoms with Crippen molar-refractivity contribution in [2.75, 3.05) is 7.05 Å². The Balaban J connectivity index is 2.09. The van der Waals surface area contributed by atoms with Crippen molar-refractivity contribution in [3.05, 3.63) is 17.5 Å². The molecular weight excluding hydrogens is 224 g/mol. The number of carbonyl (C=O) groups is 2. The maximum Gasteiger partial charge on any atom is 0.374 e. The van der Waals surface area contributed by atoms with Gasteiger partial charge in [-0.05, 0) is 12.8 Å². The van der Waals surface area contributed by atoms with Crippen LogP contribution in [-0.2, 0) is 0 Å². The lowest BCUT2D eigenvalue weighted by Gasteiger charge is -2.22. The van der Waals surface area contributed by atoms with Crippen LogP contribution in [0.2, 0.25) is 0 Å². The smallest absolute Gasteiger partial charge is 0.374 e. The van der Waals surface area contributed by atoms with Crippen molar-refractivity contribution < 1.29 is 19.2 Å². The van der Waals surface area contributed by atoms with E-state index >= 15 is 0 Å². The van der Waals surface area contributed by atoms with Gasteiger partial charge in [0, 0.05) is 19.2 Å². The lowest BCUT2D eigenvalue weighted by atomic mass is 10.2. The minimum Gasteiger partial charge on any atom is -0.475 e. The lowest BCUT2D eigenvalue weighted by molar-refractivity contribution is 0.0647. The highest BCUT2D eigenvalue weighted by molar-refractivity contribution is 5.94. The van der Waals surface area contributed by atoms with Gasteiger partial charge in [-0.25, -0.2) is 4.79 Å². The predicted octanol–water partition coefficient (Wildman–Crippen LogP) is 1.39. The lowest BCUT2D eigenvalue weighted by Crippen LogP contribution is -2.35. The summed E-state index contributed by atoms with van der Waals surface area (Å²) >= 11 is 0. The molecule has 0 aliphatic heterocycles. The number of carbonyl (C=O) groups excluding carboxylic acids is 1. The molecule has 0 radical (unpaired) electrons. The van der Waals surface area contributed by atoms with E-state index in [0.29, 0.717) is 0 Å². The molecule has 1 N–H and O–H groups in total. The molecule has 1 aromatic heterocycles. The Morgan fingerprint density at radius 3 is 2.65 bits per heavy atom. The molecule has 1 amide bonds. The summed E-state index contributed by atoms with van der Waals surface area (Å²) in [4.78, 5) is 24.2. The van der Waals surface area contributed by atoms with E-state index in [-0.39, 0.29) is 23.4 Å². The Morgan fingerprint density at radius 2 is 2.12 bits per heavy atom. The van der Waals surface area contributed by atoms with Crippen LogP contribution in [0.15, 0.2) is 10.6 Å². The molecule has 0 unspecified atom stereocenters. The van der Waals surface area contributed by atoms with Gasteiger partial charge < -0.3 is 14.5 Å². The van der Waals surface area contributed by atoms with E-state index in [1.165, 1.54) is 0 Å². The summed E-state index contributed by atoms with van der Waals surface area (Å²) in [6.07, 6.45) is 4.24. The van der Waals surface area contributed by atoms with Crippen LogP contribution in [0.1, 0.15) is 46.7 Å². The summed E-state index contributed by atoms with van der Waals surface area (Å²) in [6, 6.07) is 1.39. The minimum atomic E-state index is -1.22. The summed E-state index contributed by atoms with van der Waals surface area (Å²) in [6.45, 7) is 0. The van der Waals surface area contributed by atoms with Gasteiger partial charge in [0.05, 0.1) is 0 Å². The van der Waals surface area contributed by atoms with E-state index in [2.05, 4.69) is 9.68 Å². The van der Waals surface area contributed by atoms with Crippen molar-refractivity contribution in [3.8, 4) is 0 Å². The van der Waals surface area contributed by atoms with E-state index in [0.717, 1.165) is 31.7 Å². The van der Waals surface area contributed by atoms with Gasteiger partial charge in [0.1, 0.15) is 0 Å². The molecule has 1 saturated carbocycles. The molecule has 0 spiro atoms. The fraction of sp³-hybridized carbons (Fsp3) is 0.545. The molecule has 6 heteroatoms. The Hall–Kier alpha value is -1.85. The summed E-state index contributed by atoms with van der Waals surface area (Å²) in [5.74, 6) is -1.82. The third kappa shape index (κ3) is 2.30. The quantitative estimate of drug-likeness (QED) is 0.860. The summed E-state index contributed by atoms with van der Waals surface area (Å²) in [5, 5.41) is 12.2. The van der Waals surface area contributed by atoms with Crippen molar-refractivity contribution in [2.24, 2.45) is 0 Å². The predicted molar refractivity (Wildman–Crippen MR) is 57.8 cm³/mol. The molecule has 1 aliphatic carbocycles. The maximum absolute atomic E-state index is 12.0. The first-order chi connectivity index (χ1) is 8.09. The summed E-state index contributed by atoms with van der Waals surface area (Å²) in [7, 11) is 1.72. The number of rotatable bonds is 3. The van der Waals surface area contributed by atoms with Crippen LogP contribution in [0, 0.1) is 0 Å². The fourth-order valence-electron chi connectivity index (χ4n) is 2.11. The monoisotopic (exact) mass is 238 g/mol. The number of aromatic nitrogens is 1. The van der Waals surface area contributed by atoms with Crippen molar-refractivity contribution in [3.63, 3.8) is 0 Å². The first kappa shape index (κ1) is 11.6. The third-order valence-corrected chi connectivity index (χ3v) is 3.13. The topological polar surface area (TPSA) is 83.6 Å². The highest BCUT2D eigenvalue weighted by Crippen LogP contribution is 2.23. The SMILES string of the molecule is CN(C(=O)c1cc(C(=O)O)on1)C1CCCC1. The van der Waals surface area contributed by atoms with Crippen LogP contribution in [0.25, 0.3) is 0 Å². The van der Waals surface area contributed by atoms with Crippen molar-refractivity contribution in [2.45, 2.75) is 31.7 Å². The molecule has 1 aromatic rings. The number of nitrogens with zero attached hydrogens (tertiary/aromatic N) is 2. The van der Waals surface area contributed by atoms with Gasteiger partial charge in [-0.3, -0.25) is 4.79 Å². The second-order valence-corrected chi connectivity index (χ2v) is 4.24. The largest absolute Gasteiger partial charge is 0.475 e. The van der Waals surface area contributed by atoms with Crippen LogP contribution in [0.5, 0.6) is 0 Å². The number of amides is 1. The molecule has 0 bridgehead atoms. The average Bonchev–Trinajstić information content (AvgIpc) is 2.97. The van der Waals surface area contributed by atoms with Gasteiger partial charge in [0.15, 0.2) is 5.69 Å². The number of hydrogen-bond acceptors (Lipinski definition) is 4. The van der Waals surface area contributed by atoms with E-state index < -0.39 is 5.97 Å². The third-order valence-electron chi connectivity index (χ3n) is 3.13. The normalized spacial score (nSPS) is 16.1. The zero-order chi connectivity index (χ0) is 12.4. The minimum absolute atomic E-state index is 0.0526. The Labute approximate surface area is 98.2 Å². The van der Waals surface area contributed by atoms with Gasteiger partial charge in [-0.1, -0.05) is 18.0 Å². The van der Waals surface area contributed by atoms with Gasteiger partial charge in [0.25, 0.3) is 5.91 Å². The van der Waals surface area contributed by atoms with Crippen molar-refractivity contribution in [1.29, 1.82) is 0 Å².